The highest BCUT2D eigenvalue weighted by molar-refractivity contribution is 6.10. The third kappa shape index (κ3) is 3.92. The number of aryl methyl sites for hydroxylation is 2. The molecule has 4 rings (SSSR count). The van der Waals surface area contributed by atoms with Gasteiger partial charge in [-0.2, -0.15) is 0 Å². The molecule has 0 amide bonds. The van der Waals surface area contributed by atoms with E-state index >= 15 is 0 Å². The summed E-state index contributed by atoms with van der Waals surface area (Å²) in [5, 5.41) is 3.08. The van der Waals surface area contributed by atoms with E-state index in [9.17, 15) is 4.79 Å². The molecule has 0 radical (unpaired) electrons. The van der Waals surface area contributed by atoms with Crippen molar-refractivity contribution in [2.45, 2.75) is 32.6 Å². The van der Waals surface area contributed by atoms with Crippen LogP contribution in [0.15, 0.2) is 48.7 Å². The van der Waals surface area contributed by atoms with Crippen LogP contribution in [0.25, 0.3) is 23.1 Å². The number of fused-ring (bicyclic) bond motifs is 3. The van der Waals surface area contributed by atoms with E-state index in [2.05, 4.69) is 42.2 Å². The minimum absolute atomic E-state index is 0.146. The fourth-order valence-corrected chi connectivity index (χ4v) is 3.64. The van der Waals surface area contributed by atoms with E-state index in [1.54, 1.807) is 6.08 Å². The molecule has 0 spiro atoms. The van der Waals surface area contributed by atoms with E-state index in [0.29, 0.717) is 13.0 Å². The maximum absolute atomic E-state index is 11.8. The fraction of sp³-hybridized carbons (Fsp3) is 0.250. The number of pyridine rings is 1. The third-order valence-electron chi connectivity index (χ3n) is 5.01. The molecule has 27 heavy (non-hydrogen) atoms. The van der Waals surface area contributed by atoms with E-state index in [4.69, 9.17) is 4.74 Å². The number of hydrogen-bond donors (Lipinski definition) is 0. The molecule has 3 nitrogen and oxygen atoms in total. The Balaban J connectivity index is 1.46. The summed E-state index contributed by atoms with van der Waals surface area (Å²) in [5.74, 6) is 0.992. The molecule has 0 atom stereocenters. The van der Waals surface area contributed by atoms with Crippen molar-refractivity contribution in [1.82, 2.24) is 4.98 Å². The number of aromatic nitrogens is 1. The van der Waals surface area contributed by atoms with Gasteiger partial charge in [-0.05, 0) is 59.9 Å². The summed E-state index contributed by atoms with van der Waals surface area (Å²) in [6, 6.07) is 14.6. The highest BCUT2D eigenvalue weighted by Gasteiger charge is 2.09. The van der Waals surface area contributed by atoms with Crippen LogP contribution in [0.2, 0.25) is 0 Å². The molecule has 0 aliphatic heterocycles. The van der Waals surface area contributed by atoms with Gasteiger partial charge in [-0.25, -0.2) is 0 Å². The maximum atomic E-state index is 11.8. The number of benzene rings is 2. The second kappa shape index (κ2) is 7.75. The maximum Gasteiger partial charge on any atom is 0.160 e. The summed E-state index contributed by atoms with van der Waals surface area (Å²) in [6.07, 6.45) is 9.22. The van der Waals surface area contributed by atoms with Crippen LogP contribution >= 0.6 is 0 Å². The number of unbranched alkanes of at least 4 members (excludes halogenated alkanes) is 1. The average Bonchev–Trinajstić information content (AvgIpc) is 2.68. The van der Waals surface area contributed by atoms with Crippen LogP contribution in [0.3, 0.4) is 0 Å². The lowest BCUT2D eigenvalue weighted by atomic mass is 10.0. The van der Waals surface area contributed by atoms with Crippen molar-refractivity contribution in [1.29, 1.82) is 0 Å². The van der Waals surface area contributed by atoms with Crippen LogP contribution in [-0.4, -0.2) is 17.4 Å². The molecule has 2 aromatic carbocycles. The Morgan fingerprint density at radius 1 is 1.11 bits per heavy atom. The lowest BCUT2D eigenvalue weighted by Crippen LogP contribution is -2.31. The predicted molar refractivity (Wildman–Crippen MR) is 109 cm³/mol. The van der Waals surface area contributed by atoms with Crippen molar-refractivity contribution in [3.8, 4) is 5.75 Å². The van der Waals surface area contributed by atoms with Crippen LogP contribution in [0.4, 0.5) is 0 Å². The van der Waals surface area contributed by atoms with Crippen molar-refractivity contribution in [2.75, 3.05) is 6.61 Å². The van der Waals surface area contributed by atoms with Gasteiger partial charge in [0.2, 0.25) is 0 Å². The van der Waals surface area contributed by atoms with E-state index in [1.807, 2.05) is 24.4 Å². The number of Topliss-reactive ketones (excluding diaryl/α,β-unsaturated/α-hetero) is 1. The monoisotopic (exact) mass is 357 g/mol. The molecule has 3 aromatic rings. The first-order valence-corrected chi connectivity index (χ1v) is 9.51. The first kappa shape index (κ1) is 17.5. The first-order chi connectivity index (χ1) is 13.2. The largest absolute Gasteiger partial charge is 0.494 e. The van der Waals surface area contributed by atoms with Gasteiger partial charge >= 0.3 is 0 Å². The number of nitrogens with zero attached hydrogens (tertiary/aromatic N) is 1. The number of ketones is 1. The van der Waals surface area contributed by atoms with E-state index in [1.165, 1.54) is 5.56 Å². The molecule has 0 bridgehead atoms. The van der Waals surface area contributed by atoms with Gasteiger partial charge in [0, 0.05) is 24.1 Å². The number of carbonyl (C=O) groups is 1. The number of carbonyl (C=O) groups excluding carboxylic acids is 1. The average molecular weight is 357 g/mol. The van der Waals surface area contributed by atoms with E-state index < -0.39 is 0 Å². The molecule has 0 fully saturated rings. The van der Waals surface area contributed by atoms with Gasteiger partial charge in [-0.15, -0.1) is 0 Å². The molecular weight excluding hydrogens is 334 g/mol. The summed E-state index contributed by atoms with van der Waals surface area (Å²) in [5.41, 5.74) is 3.35. The number of ether oxygens (including phenoxy) is 1. The molecule has 0 N–H and O–H groups in total. The fourth-order valence-electron chi connectivity index (χ4n) is 3.64. The van der Waals surface area contributed by atoms with Crippen LogP contribution in [0.5, 0.6) is 5.75 Å². The minimum atomic E-state index is 0.146. The molecule has 0 saturated heterocycles. The van der Waals surface area contributed by atoms with Crippen molar-refractivity contribution in [3.63, 3.8) is 0 Å². The highest BCUT2D eigenvalue weighted by Crippen LogP contribution is 2.21. The molecule has 1 aliphatic carbocycles. The van der Waals surface area contributed by atoms with Crippen molar-refractivity contribution in [3.05, 3.63) is 70.2 Å². The minimum Gasteiger partial charge on any atom is -0.494 e. The Labute approximate surface area is 159 Å². The Hall–Kier alpha value is -2.94. The van der Waals surface area contributed by atoms with Gasteiger partial charge in [0.1, 0.15) is 5.75 Å². The first-order valence-electron chi connectivity index (χ1n) is 9.51. The molecule has 1 aliphatic rings. The Kier molecular flexibility index (Phi) is 5.01. The molecule has 0 unspecified atom stereocenters. The van der Waals surface area contributed by atoms with Gasteiger partial charge < -0.3 is 4.74 Å². The SMILES string of the molecule is Cc1cc(OCCCCc2ccccc2)cc2ncc3c(c12)=CC(=O)CC=3. The molecule has 1 heterocycles. The summed E-state index contributed by atoms with van der Waals surface area (Å²) >= 11 is 0. The Bertz CT molecular complexity index is 1100. The quantitative estimate of drug-likeness (QED) is 0.634. The molecule has 3 heteroatoms. The summed E-state index contributed by atoms with van der Waals surface area (Å²) in [7, 11) is 0. The summed E-state index contributed by atoms with van der Waals surface area (Å²) < 4.78 is 5.97. The zero-order chi connectivity index (χ0) is 18.6. The second-order valence-electron chi connectivity index (χ2n) is 7.07. The number of hydrogen-bond acceptors (Lipinski definition) is 3. The van der Waals surface area contributed by atoms with Crippen LogP contribution < -0.4 is 15.2 Å². The predicted octanol–water partition coefficient (Wildman–Crippen LogP) is 3.48. The second-order valence-corrected chi connectivity index (χ2v) is 7.07. The van der Waals surface area contributed by atoms with E-state index in [0.717, 1.165) is 51.9 Å². The smallest absolute Gasteiger partial charge is 0.160 e. The van der Waals surface area contributed by atoms with Gasteiger partial charge in [-0.1, -0.05) is 36.4 Å². The summed E-state index contributed by atoms with van der Waals surface area (Å²) in [4.78, 5) is 16.4. The van der Waals surface area contributed by atoms with Gasteiger partial charge in [-0.3, -0.25) is 9.78 Å². The topological polar surface area (TPSA) is 39.2 Å². The van der Waals surface area contributed by atoms with Gasteiger partial charge in [0.05, 0.1) is 12.1 Å². The molecule has 1 aromatic heterocycles. The van der Waals surface area contributed by atoms with Gasteiger partial charge in [0.25, 0.3) is 0 Å². The van der Waals surface area contributed by atoms with Crippen LogP contribution in [-0.2, 0) is 11.2 Å². The third-order valence-corrected chi connectivity index (χ3v) is 5.01. The highest BCUT2D eigenvalue weighted by atomic mass is 16.5. The standard InChI is InChI=1S/C24H23NO2/c1-17-13-21(27-12-6-5-9-18-7-3-2-4-8-18)15-23-24(17)22-14-20(26)11-10-19(22)16-25-23/h2-4,7-8,10,13-16H,5-6,9,11-12H2,1H3. The number of rotatable bonds is 6. The zero-order valence-corrected chi connectivity index (χ0v) is 15.6. The zero-order valence-electron chi connectivity index (χ0n) is 15.6. The Morgan fingerprint density at radius 2 is 1.96 bits per heavy atom. The molecule has 0 saturated carbocycles. The molecular formula is C24H23NO2. The Morgan fingerprint density at radius 3 is 2.81 bits per heavy atom. The van der Waals surface area contributed by atoms with Crippen molar-refractivity contribution < 1.29 is 9.53 Å². The molecule has 136 valence electrons. The lowest BCUT2D eigenvalue weighted by molar-refractivity contribution is -0.112. The van der Waals surface area contributed by atoms with Crippen molar-refractivity contribution >= 4 is 28.8 Å². The lowest BCUT2D eigenvalue weighted by Gasteiger charge is -2.11. The van der Waals surface area contributed by atoms with E-state index in [-0.39, 0.29) is 5.78 Å². The van der Waals surface area contributed by atoms with Crippen molar-refractivity contribution in [2.24, 2.45) is 0 Å². The summed E-state index contributed by atoms with van der Waals surface area (Å²) in [6.45, 7) is 2.75. The van der Waals surface area contributed by atoms with Crippen LogP contribution in [0, 0.1) is 6.92 Å². The van der Waals surface area contributed by atoms with Gasteiger partial charge in [0.15, 0.2) is 5.78 Å². The normalized spacial score (nSPS) is 13.0. The van der Waals surface area contributed by atoms with Crippen LogP contribution in [0.1, 0.15) is 30.4 Å².